The summed E-state index contributed by atoms with van der Waals surface area (Å²) < 4.78 is 3.88. The van der Waals surface area contributed by atoms with E-state index < -0.39 is 0 Å². The Hall–Kier alpha value is -1.01. The Morgan fingerprint density at radius 3 is 2.56 bits per heavy atom. The Labute approximate surface area is 113 Å². The van der Waals surface area contributed by atoms with Crippen molar-refractivity contribution in [2.75, 3.05) is 13.1 Å². The van der Waals surface area contributed by atoms with E-state index >= 15 is 0 Å². The van der Waals surface area contributed by atoms with Crippen LogP contribution in [0.5, 0.6) is 0 Å². The largest absolute Gasteiger partial charge is 0.350 e. The Bertz CT molecular complexity index is 395. The number of hydrogen-bond donors (Lipinski definition) is 2. The summed E-state index contributed by atoms with van der Waals surface area (Å²) in [6, 6.07) is 0.428. The van der Waals surface area contributed by atoms with E-state index in [1.165, 1.54) is 0 Å². The third-order valence-electron chi connectivity index (χ3n) is 2.37. The average Bonchev–Trinajstić information content (AvgIpc) is 2.72. The SMILES string of the molecule is CC(C)NCCNC(=O)c1snnc1C(C)(C)C. The zero-order valence-electron chi connectivity index (χ0n) is 11.7. The maximum atomic E-state index is 12.0. The topological polar surface area (TPSA) is 66.9 Å². The van der Waals surface area contributed by atoms with Gasteiger partial charge in [-0.05, 0) is 11.5 Å². The molecule has 1 amide bonds. The van der Waals surface area contributed by atoms with Crippen LogP contribution in [0.3, 0.4) is 0 Å². The molecule has 5 nitrogen and oxygen atoms in total. The third-order valence-corrected chi connectivity index (χ3v) is 3.09. The van der Waals surface area contributed by atoms with Gasteiger partial charge in [-0.15, -0.1) is 5.10 Å². The molecule has 2 N–H and O–H groups in total. The van der Waals surface area contributed by atoms with Gasteiger partial charge in [0.2, 0.25) is 0 Å². The molecule has 0 saturated heterocycles. The fourth-order valence-corrected chi connectivity index (χ4v) is 2.24. The van der Waals surface area contributed by atoms with Crippen LogP contribution >= 0.6 is 11.5 Å². The van der Waals surface area contributed by atoms with E-state index in [4.69, 9.17) is 0 Å². The number of aromatic nitrogens is 2. The number of carbonyl (C=O) groups is 1. The van der Waals surface area contributed by atoms with Crippen LogP contribution < -0.4 is 10.6 Å². The van der Waals surface area contributed by atoms with Crippen molar-refractivity contribution in [2.45, 2.75) is 46.1 Å². The summed E-state index contributed by atoms with van der Waals surface area (Å²) in [5.74, 6) is -0.0829. The zero-order chi connectivity index (χ0) is 13.8. The number of amides is 1. The molecule has 0 aliphatic carbocycles. The van der Waals surface area contributed by atoms with E-state index in [0.29, 0.717) is 17.5 Å². The summed E-state index contributed by atoms with van der Waals surface area (Å²) in [7, 11) is 0. The van der Waals surface area contributed by atoms with Crippen molar-refractivity contribution in [1.82, 2.24) is 20.2 Å². The van der Waals surface area contributed by atoms with Crippen LogP contribution in [-0.4, -0.2) is 34.6 Å². The number of nitrogens with one attached hydrogen (secondary N) is 2. The molecule has 18 heavy (non-hydrogen) atoms. The van der Waals surface area contributed by atoms with E-state index in [0.717, 1.165) is 23.8 Å². The molecule has 0 aromatic carbocycles. The van der Waals surface area contributed by atoms with Gasteiger partial charge in [0.05, 0.1) is 5.69 Å². The molecular formula is C12H22N4OS. The maximum Gasteiger partial charge on any atom is 0.265 e. The predicted octanol–water partition coefficient (Wildman–Crippen LogP) is 1.56. The second-order valence-electron chi connectivity index (χ2n) is 5.57. The monoisotopic (exact) mass is 270 g/mol. The smallest absolute Gasteiger partial charge is 0.265 e. The second kappa shape index (κ2) is 6.24. The Morgan fingerprint density at radius 1 is 1.33 bits per heavy atom. The van der Waals surface area contributed by atoms with Gasteiger partial charge in [0.15, 0.2) is 0 Å². The lowest BCUT2D eigenvalue weighted by Gasteiger charge is -2.16. The molecule has 1 rings (SSSR count). The molecule has 0 aliphatic rings. The van der Waals surface area contributed by atoms with Crippen LogP contribution in [-0.2, 0) is 5.41 Å². The number of nitrogens with zero attached hydrogens (tertiary/aromatic N) is 2. The first-order valence-electron chi connectivity index (χ1n) is 6.16. The van der Waals surface area contributed by atoms with E-state index in [-0.39, 0.29) is 11.3 Å². The van der Waals surface area contributed by atoms with Crippen molar-refractivity contribution in [3.63, 3.8) is 0 Å². The lowest BCUT2D eigenvalue weighted by molar-refractivity contribution is 0.0955. The van der Waals surface area contributed by atoms with Crippen molar-refractivity contribution >= 4 is 17.4 Å². The van der Waals surface area contributed by atoms with Crippen LogP contribution in [0.2, 0.25) is 0 Å². The van der Waals surface area contributed by atoms with Crippen LogP contribution in [0.1, 0.15) is 50.0 Å². The number of carbonyl (C=O) groups excluding carboxylic acids is 1. The first kappa shape index (κ1) is 15.0. The van der Waals surface area contributed by atoms with Crippen molar-refractivity contribution in [2.24, 2.45) is 0 Å². The highest BCUT2D eigenvalue weighted by molar-refractivity contribution is 7.08. The predicted molar refractivity (Wildman–Crippen MR) is 74.1 cm³/mol. The van der Waals surface area contributed by atoms with Crippen molar-refractivity contribution in [3.05, 3.63) is 10.6 Å². The van der Waals surface area contributed by atoms with Gasteiger partial charge >= 0.3 is 0 Å². The summed E-state index contributed by atoms with van der Waals surface area (Å²) in [5.41, 5.74) is 0.609. The molecule has 102 valence electrons. The molecular weight excluding hydrogens is 248 g/mol. The Kier molecular flexibility index (Phi) is 5.22. The van der Waals surface area contributed by atoms with Crippen LogP contribution in [0, 0.1) is 0 Å². The highest BCUT2D eigenvalue weighted by Crippen LogP contribution is 2.25. The van der Waals surface area contributed by atoms with Gasteiger partial charge in [0.25, 0.3) is 5.91 Å². The van der Waals surface area contributed by atoms with Gasteiger partial charge < -0.3 is 10.6 Å². The minimum Gasteiger partial charge on any atom is -0.350 e. The molecule has 1 heterocycles. The normalized spacial score (nSPS) is 11.9. The molecule has 6 heteroatoms. The molecule has 1 aromatic heterocycles. The fourth-order valence-electron chi connectivity index (χ4n) is 1.45. The number of rotatable bonds is 5. The van der Waals surface area contributed by atoms with Crippen LogP contribution in [0.25, 0.3) is 0 Å². The molecule has 0 atom stereocenters. The molecule has 0 spiro atoms. The summed E-state index contributed by atoms with van der Waals surface area (Å²) >= 11 is 1.16. The van der Waals surface area contributed by atoms with E-state index in [9.17, 15) is 4.79 Å². The Morgan fingerprint density at radius 2 is 2.00 bits per heavy atom. The van der Waals surface area contributed by atoms with Crippen LogP contribution in [0.15, 0.2) is 0 Å². The van der Waals surface area contributed by atoms with Crippen molar-refractivity contribution < 1.29 is 4.79 Å². The summed E-state index contributed by atoms with van der Waals surface area (Å²) in [6.07, 6.45) is 0. The molecule has 1 aromatic rings. The number of hydrogen-bond acceptors (Lipinski definition) is 5. The molecule has 0 fully saturated rings. The van der Waals surface area contributed by atoms with E-state index in [1.807, 2.05) is 20.8 Å². The lowest BCUT2D eigenvalue weighted by atomic mass is 9.91. The summed E-state index contributed by atoms with van der Waals surface area (Å²) in [5, 5.41) is 10.2. The second-order valence-corrected chi connectivity index (χ2v) is 6.32. The standard InChI is InChI=1S/C12H22N4OS/c1-8(2)13-6-7-14-11(17)9-10(12(3,4)5)15-16-18-9/h8,13H,6-7H2,1-5H3,(H,14,17). The van der Waals surface area contributed by atoms with Gasteiger partial charge in [0, 0.05) is 24.5 Å². The average molecular weight is 270 g/mol. The van der Waals surface area contributed by atoms with Gasteiger partial charge in [-0.25, -0.2) is 0 Å². The molecule has 0 saturated carbocycles. The van der Waals surface area contributed by atoms with Gasteiger partial charge in [0.1, 0.15) is 4.88 Å². The third kappa shape index (κ3) is 4.34. The van der Waals surface area contributed by atoms with Crippen molar-refractivity contribution in [3.8, 4) is 0 Å². The van der Waals surface area contributed by atoms with Crippen molar-refractivity contribution in [1.29, 1.82) is 0 Å². The van der Waals surface area contributed by atoms with E-state index in [2.05, 4.69) is 34.1 Å². The minimum atomic E-state index is -0.157. The minimum absolute atomic E-state index is 0.0829. The highest BCUT2D eigenvalue weighted by atomic mass is 32.1. The molecule has 0 aliphatic heterocycles. The first-order valence-corrected chi connectivity index (χ1v) is 6.94. The van der Waals surface area contributed by atoms with Gasteiger partial charge in [-0.1, -0.05) is 39.1 Å². The molecule has 0 unspecified atom stereocenters. The quantitative estimate of drug-likeness (QED) is 0.797. The summed E-state index contributed by atoms with van der Waals surface area (Å²) in [4.78, 5) is 12.6. The highest BCUT2D eigenvalue weighted by Gasteiger charge is 2.25. The summed E-state index contributed by atoms with van der Waals surface area (Å²) in [6.45, 7) is 11.6. The fraction of sp³-hybridized carbons (Fsp3) is 0.750. The van der Waals surface area contributed by atoms with Gasteiger partial charge in [-0.3, -0.25) is 4.79 Å². The maximum absolute atomic E-state index is 12.0. The first-order chi connectivity index (χ1) is 8.32. The van der Waals surface area contributed by atoms with Gasteiger partial charge in [-0.2, -0.15) is 0 Å². The van der Waals surface area contributed by atoms with Crippen LogP contribution in [0.4, 0.5) is 0 Å². The van der Waals surface area contributed by atoms with E-state index in [1.54, 1.807) is 0 Å². The Balaban J connectivity index is 2.55. The lowest BCUT2D eigenvalue weighted by Crippen LogP contribution is -2.35. The zero-order valence-corrected chi connectivity index (χ0v) is 12.5. The molecule has 0 radical (unpaired) electrons. The molecule has 0 bridgehead atoms.